The van der Waals surface area contributed by atoms with E-state index in [1.807, 2.05) is 0 Å². The number of benzene rings is 1. The van der Waals surface area contributed by atoms with Gasteiger partial charge in [0.25, 0.3) is 0 Å². The molecule has 172 valence electrons. The first-order valence-electron chi connectivity index (χ1n) is 10.3. The summed E-state index contributed by atoms with van der Waals surface area (Å²) in [5.41, 5.74) is 0.437. The predicted octanol–water partition coefficient (Wildman–Crippen LogP) is 5.73. The molecule has 1 aliphatic carbocycles. The van der Waals surface area contributed by atoms with Gasteiger partial charge in [-0.1, -0.05) is 0 Å². The number of ether oxygens (including phenoxy) is 2. The van der Waals surface area contributed by atoms with Crippen LogP contribution in [0.15, 0.2) is 34.9 Å². The summed E-state index contributed by atoms with van der Waals surface area (Å²) in [4.78, 5) is 30.4. The van der Waals surface area contributed by atoms with Gasteiger partial charge < -0.3 is 9.47 Å². The van der Waals surface area contributed by atoms with E-state index in [-0.39, 0.29) is 34.4 Å². The number of anilines is 1. The lowest BCUT2D eigenvalue weighted by Crippen LogP contribution is -2.36. The van der Waals surface area contributed by atoms with Gasteiger partial charge in [0.05, 0.1) is 35.4 Å². The molecule has 0 spiro atoms. The molecule has 0 radical (unpaired) electrons. The van der Waals surface area contributed by atoms with Crippen LogP contribution in [0.4, 0.5) is 19.3 Å². The number of carbonyl (C=O) groups excluding carboxylic acids is 2. The van der Waals surface area contributed by atoms with Gasteiger partial charge in [0.2, 0.25) is 0 Å². The van der Waals surface area contributed by atoms with Gasteiger partial charge in [0.15, 0.2) is 0 Å². The molecule has 0 bridgehead atoms. The lowest BCUT2D eigenvalue weighted by molar-refractivity contribution is -0.144. The van der Waals surface area contributed by atoms with Crippen LogP contribution in [0.25, 0.3) is 0 Å². The van der Waals surface area contributed by atoms with Gasteiger partial charge in [-0.25, -0.2) is 13.6 Å². The zero-order chi connectivity index (χ0) is 23.6. The molecular weight excluding hydrogens is 486 g/mol. The Morgan fingerprint density at radius 1 is 1.22 bits per heavy atom. The van der Waals surface area contributed by atoms with Crippen molar-refractivity contribution in [3.63, 3.8) is 0 Å². The average molecular weight is 511 g/mol. The third-order valence-electron chi connectivity index (χ3n) is 4.87. The first-order valence-corrected chi connectivity index (χ1v) is 11.1. The second kappa shape index (κ2) is 9.52. The maximum Gasteiger partial charge on any atom is 0.415 e. The Morgan fingerprint density at radius 3 is 2.53 bits per heavy atom. The topological polar surface area (TPSA) is 68.7 Å². The van der Waals surface area contributed by atoms with Crippen molar-refractivity contribution >= 4 is 33.7 Å². The third kappa shape index (κ3) is 5.82. The second-order valence-corrected chi connectivity index (χ2v) is 9.42. The highest BCUT2D eigenvalue weighted by Crippen LogP contribution is 2.47. The predicted molar refractivity (Wildman–Crippen MR) is 118 cm³/mol. The number of carbonyl (C=O) groups is 2. The van der Waals surface area contributed by atoms with Crippen molar-refractivity contribution in [1.29, 1.82) is 0 Å². The van der Waals surface area contributed by atoms with Gasteiger partial charge in [0, 0.05) is 23.2 Å². The van der Waals surface area contributed by atoms with Crippen LogP contribution in [-0.2, 0) is 20.8 Å². The Labute approximate surface area is 194 Å². The Kier molecular flexibility index (Phi) is 7.17. The SMILES string of the molecule is CCOC(=O)[C@H]1C[C@@H]1c1ccc(N(Cc2cc(Br)c(F)cc2F)C(=O)OC(C)(C)C)cn1. The molecule has 1 fully saturated rings. The first-order chi connectivity index (χ1) is 15.0. The molecule has 0 unspecified atom stereocenters. The Balaban J connectivity index is 1.85. The highest BCUT2D eigenvalue weighted by Gasteiger charge is 2.46. The minimum Gasteiger partial charge on any atom is -0.466 e. The maximum absolute atomic E-state index is 14.4. The average Bonchev–Trinajstić information content (AvgIpc) is 3.50. The summed E-state index contributed by atoms with van der Waals surface area (Å²) in [6, 6.07) is 5.45. The van der Waals surface area contributed by atoms with Gasteiger partial charge >= 0.3 is 12.1 Å². The van der Waals surface area contributed by atoms with E-state index in [2.05, 4.69) is 20.9 Å². The first kappa shape index (κ1) is 24.1. The van der Waals surface area contributed by atoms with Crippen LogP contribution in [-0.4, -0.2) is 29.3 Å². The number of hydrogen-bond donors (Lipinski definition) is 0. The fourth-order valence-corrected chi connectivity index (χ4v) is 3.63. The van der Waals surface area contributed by atoms with E-state index in [9.17, 15) is 18.4 Å². The Bertz CT molecular complexity index is 1010. The van der Waals surface area contributed by atoms with E-state index >= 15 is 0 Å². The van der Waals surface area contributed by atoms with Crippen molar-refractivity contribution in [3.8, 4) is 0 Å². The smallest absolute Gasteiger partial charge is 0.415 e. The zero-order valence-electron chi connectivity index (χ0n) is 18.3. The van der Waals surface area contributed by atoms with Crippen molar-refractivity contribution in [2.45, 2.75) is 52.2 Å². The van der Waals surface area contributed by atoms with Crippen LogP contribution in [0.1, 0.15) is 51.3 Å². The minimum atomic E-state index is -0.779. The molecule has 1 saturated carbocycles. The van der Waals surface area contributed by atoms with E-state index in [1.165, 1.54) is 17.2 Å². The largest absolute Gasteiger partial charge is 0.466 e. The lowest BCUT2D eigenvalue weighted by Gasteiger charge is -2.27. The van der Waals surface area contributed by atoms with Crippen molar-refractivity contribution < 1.29 is 27.8 Å². The Morgan fingerprint density at radius 2 is 1.94 bits per heavy atom. The summed E-state index contributed by atoms with van der Waals surface area (Å²) < 4.78 is 38.6. The summed E-state index contributed by atoms with van der Waals surface area (Å²) >= 11 is 3.05. The van der Waals surface area contributed by atoms with E-state index in [0.29, 0.717) is 24.4 Å². The van der Waals surface area contributed by atoms with E-state index in [4.69, 9.17) is 9.47 Å². The molecule has 1 heterocycles. The third-order valence-corrected chi connectivity index (χ3v) is 5.48. The standard InChI is InChI=1S/C23H25BrF2N2O4/c1-5-31-21(29)16-9-15(16)20-7-6-14(11-27-20)28(22(30)32-23(2,3)4)12-13-8-17(24)19(26)10-18(13)25/h6-8,10-11,15-16H,5,9,12H2,1-4H3/t15-,16-/m0/s1. The normalized spacial score (nSPS) is 17.6. The molecule has 2 atom stereocenters. The molecule has 1 aliphatic rings. The van der Waals surface area contributed by atoms with E-state index < -0.39 is 23.3 Å². The molecule has 1 aromatic carbocycles. The highest BCUT2D eigenvalue weighted by atomic mass is 79.9. The summed E-state index contributed by atoms with van der Waals surface area (Å²) in [7, 11) is 0. The number of halogens is 3. The molecule has 1 aromatic heterocycles. The monoisotopic (exact) mass is 510 g/mol. The van der Waals surface area contributed by atoms with Crippen LogP contribution in [0.5, 0.6) is 0 Å². The van der Waals surface area contributed by atoms with Gasteiger partial charge in [-0.3, -0.25) is 14.7 Å². The summed E-state index contributed by atoms with van der Waals surface area (Å²) in [5.74, 6) is -1.98. The number of aromatic nitrogens is 1. The van der Waals surface area contributed by atoms with Crippen LogP contribution in [0.3, 0.4) is 0 Å². The molecule has 0 N–H and O–H groups in total. The molecule has 32 heavy (non-hydrogen) atoms. The maximum atomic E-state index is 14.4. The minimum absolute atomic E-state index is 0.0245. The molecule has 1 amide bonds. The fourth-order valence-electron chi connectivity index (χ4n) is 3.24. The van der Waals surface area contributed by atoms with Crippen LogP contribution in [0, 0.1) is 17.6 Å². The lowest BCUT2D eigenvalue weighted by atomic mass is 10.1. The number of pyridine rings is 1. The zero-order valence-corrected chi connectivity index (χ0v) is 19.9. The molecule has 9 heteroatoms. The van der Waals surface area contributed by atoms with Crippen molar-refractivity contribution in [1.82, 2.24) is 4.98 Å². The van der Waals surface area contributed by atoms with Gasteiger partial charge in [0.1, 0.15) is 17.2 Å². The van der Waals surface area contributed by atoms with Gasteiger partial charge in [-0.05, 0) is 68.2 Å². The van der Waals surface area contributed by atoms with Crippen molar-refractivity contribution in [3.05, 3.63) is 57.8 Å². The Hall–Kier alpha value is -2.55. The van der Waals surface area contributed by atoms with Crippen LogP contribution >= 0.6 is 15.9 Å². The summed E-state index contributed by atoms with van der Waals surface area (Å²) in [6.07, 6.45) is 1.45. The molecule has 0 saturated heterocycles. The molecule has 3 rings (SSSR count). The van der Waals surface area contributed by atoms with Crippen molar-refractivity contribution in [2.75, 3.05) is 11.5 Å². The van der Waals surface area contributed by atoms with E-state index in [0.717, 1.165) is 6.07 Å². The van der Waals surface area contributed by atoms with Gasteiger partial charge in [-0.15, -0.1) is 0 Å². The fraction of sp³-hybridized carbons (Fsp3) is 0.435. The number of esters is 1. The molecule has 2 aromatic rings. The van der Waals surface area contributed by atoms with E-state index in [1.54, 1.807) is 39.8 Å². The number of nitrogens with zero attached hydrogens (tertiary/aromatic N) is 2. The van der Waals surface area contributed by atoms with Crippen molar-refractivity contribution in [2.24, 2.45) is 5.92 Å². The highest BCUT2D eigenvalue weighted by molar-refractivity contribution is 9.10. The number of rotatable bonds is 6. The molecule has 6 nitrogen and oxygen atoms in total. The molecule has 0 aliphatic heterocycles. The quantitative estimate of drug-likeness (QED) is 0.366. The summed E-state index contributed by atoms with van der Waals surface area (Å²) in [5, 5.41) is 0. The summed E-state index contributed by atoms with van der Waals surface area (Å²) in [6.45, 7) is 7.08. The second-order valence-electron chi connectivity index (χ2n) is 8.57. The van der Waals surface area contributed by atoms with Gasteiger partial charge in [-0.2, -0.15) is 0 Å². The number of hydrogen-bond acceptors (Lipinski definition) is 5. The van der Waals surface area contributed by atoms with Crippen LogP contribution in [0.2, 0.25) is 0 Å². The van der Waals surface area contributed by atoms with Crippen LogP contribution < -0.4 is 4.90 Å². The molecular formula is C23H25BrF2N2O4. The number of amides is 1.